The number of hydrogen-bond acceptors (Lipinski definition) is 1. The van der Waals surface area contributed by atoms with Crippen LogP contribution in [0.2, 0.25) is 5.02 Å². The molecule has 0 aliphatic heterocycles. The minimum atomic E-state index is -0.107. The Morgan fingerprint density at radius 2 is 1.53 bits per heavy atom. The quantitative estimate of drug-likeness (QED) is 0.820. The molecule has 2 aromatic rings. The second kappa shape index (κ2) is 4.47. The van der Waals surface area contributed by atoms with E-state index in [1.165, 1.54) is 0 Å². The van der Waals surface area contributed by atoms with E-state index >= 15 is 0 Å². The fourth-order valence-electron chi connectivity index (χ4n) is 1.55. The molecule has 0 aliphatic rings. The van der Waals surface area contributed by atoms with E-state index in [-0.39, 0.29) is 6.04 Å². The molecule has 0 saturated carbocycles. The topological polar surface area (TPSA) is 26.0 Å². The minimum absolute atomic E-state index is 0.107. The summed E-state index contributed by atoms with van der Waals surface area (Å²) < 4.78 is 0. The van der Waals surface area contributed by atoms with Crippen LogP contribution in [0.4, 0.5) is 0 Å². The molecule has 1 nitrogen and oxygen atoms in total. The average molecular weight is 218 g/mol. The van der Waals surface area contributed by atoms with Crippen LogP contribution >= 0.6 is 11.6 Å². The van der Waals surface area contributed by atoms with E-state index in [4.69, 9.17) is 17.3 Å². The molecule has 76 valence electrons. The molecule has 0 aliphatic carbocycles. The Morgan fingerprint density at radius 1 is 0.867 bits per heavy atom. The van der Waals surface area contributed by atoms with Crippen LogP contribution in [0.1, 0.15) is 17.2 Å². The minimum Gasteiger partial charge on any atom is -0.320 e. The Kier molecular flexibility index (Phi) is 3.05. The van der Waals surface area contributed by atoms with Crippen LogP contribution in [0, 0.1) is 0 Å². The van der Waals surface area contributed by atoms with Crippen LogP contribution in [0.3, 0.4) is 0 Å². The fraction of sp³-hybridized carbons (Fsp3) is 0.0769. The van der Waals surface area contributed by atoms with E-state index in [1.54, 1.807) is 0 Å². The summed E-state index contributed by atoms with van der Waals surface area (Å²) in [6, 6.07) is 17.5. The van der Waals surface area contributed by atoms with E-state index in [0.29, 0.717) is 0 Å². The Bertz CT molecular complexity index is 439. The van der Waals surface area contributed by atoms with Crippen molar-refractivity contribution in [1.29, 1.82) is 0 Å². The lowest BCUT2D eigenvalue weighted by molar-refractivity contribution is 0.872. The number of hydrogen-bond donors (Lipinski definition) is 1. The fourth-order valence-corrected chi connectivity index (χ4v) is 1.75. The summed E-state index contributed by atoms with van der Waals surface area (Å²) >= 11 is 5.92. The second-order valence-electron chi connectivity index (χ2n) is 3.44. The first-order chi connectivity index (χ1) is 7.27. The van der Waals surface area contributed by atoms with Crippen molar-refractivity contribution in [3.63, 3.8) is 0 Å². The number of halogens is 1. The summed E-state index contributed by atoms with van der Waals surface area (Å²) in [5, 5.41) is 0.721. The van der Waals surface area contributed by atoms with E-state index < -0.39 is 0 Å². The largest absolute Gasteiger partial charge is 0.320 e. The average Bonchev–Trinajstić information content (AvgIpc) is 2.29. The van der Waals surface area contributed by atoms with Gasteiger partial charge in [-0.25, -0.2) is 0 Å². The molecule has 0 aromatic heterocycles. The Hall–Kier alpha value is -1.31. The van der Waals surface area contributed by atoms with Gasteiger partial charge in [0.05, 0.1) is 6.04 Å². The van der Waals surface area contributed by atoms with E-state index in [9.17, 15) is 0 Å². The Labute approximate surface area is 94.5 Å². The van der Waals surface area contributed by atoms with Gasteiger partial charge in [0.1, 0.15) is 0 Å². The molecule has 2 N–H and O–H groups in total. The first-order valence-electron chi connectivity index (χ1n) is 4.83. The van der Waals surface area contributed by atoms with Gasteiger partial charge in [-0.2, -0.15) is 0 Å². The van der Waals surface area contributed by atoms with E-state index in [2.05, 4.69) is 0 Å². The van der Waals surface area contributed by atoms with Gasteiger partial charge in [0.25, 0.3) is 0 Å². The van der Waals surface area contributed by atoms with Crippen molar-refractivity contribution in [2.24, 2.45) is 5.73 Å². The van der Waals surface area contributed by atoms with Crippen molar-refractivity contribution in [2.75, 3.05) is 0 Å². The molecular weight excluding hydrogens is 206 g/mol. The third-order valence-electron chi connectivity index (χ3n) is 2.37. The highest BCUT2D eigenvalue weighted by Gasteiger charge is 2.07. The van der Waals surface area contributed by atoms with E-state index in [0.717, 1.165) is 16.1 Å². The van der Waals surface area contributed by atoms with Gasteiger partial charge in [0.15, 0.2) is 0 Å². The van der Waals surface area contributed by atoms with Crippen molar-refractivity contribution < 1.29 is 0 Å². The standard InChI is InChI=1S/C13H12ClN/c14-12-8-4-7-11(9-12)13(15)10-5-2-1-3-6-10/h1-9,13H,15H2/t13-/m0/s1. The molecule has 0 saturated heterocycles. The van der Waals surface area contributed by atoms with Crippen LogP contribution in [-0.4, -0.2) is 0 Å². The van der Waals surface area contributed by atoms with Crippen LogP contribution in [0.15, 0.2) is 54.6 Å². The van der Waals surface area contributed by atoms with Crippen LogP contribution in [0.25, 0.3) is 0 Å². The molecule has 2 aromatic carbocycles. The summed E-state index contributed by atoms with van der Waals surface area (Å²) in [6.45, 7) is 0. The third kappa shape index (κ3) is 2.38. The van der Waals surface area contributed by atoms with Gasteiger partial charge >= 0.3 is 0 Å². The number of benzene rings is 2. The molecule has 2 heteroatoms. The van der Waals surface area contributed by atoms with E-state index in [1.807, 2.05) is 54.6 Å². The van der Waals surface area contributed by atoms with Gasteiger partial charge in [-0.15, -0.1) is 0 Å². The smallest absolute Gasteiger partial charge is 0.0552 e. The summed E-state index contributed by atoms with van der Waals surface area (Å²) in [6.07, 6.45) is 0. The van der Waals surface area contributed by atoms with Crippen molar-refractivity contribution in [2.45, 2.75) is 6.04 Å². The van der Waals surface area contributed by atoms with Crippen LogP contribution in [0.5, 0.6) is 0 Å². The van der Waals surface area contributed by atoms with Crippen LogP contribution in [-0.2, 0) is 0 Å². The predicted octanol–water partition coefficient (Wildman–Crippen LogP) is 3.39. The monoisotopic (exact) mass is 217 g/mol. The zero-order chi connectivity index (χ0) is 10.7. The molecule has 0 heterocycles. The highest BCUT2D eigenvalue weighted by Crippen LogP contribution is 2.21. The zero-order valence-corrected chi connectivity index (χ0v) is 8.98. The molecule has 0 spiro atoms. The van der Waals surface area contributed by atoms with Gasteiger partial charge in [0, 0.05) is 5.02 Å². The van der Waals surface area contributed by atoms with Gasteiger partial charge in [-0.05, 0) is 23.3 Å². The highest BCUT2D eigenvalue weighted by atomic mass is 35.5. The maximum atomic E-state index is 6.13. The maximum absolute atomic E-state index is 6.13. The van der Waals surface area contributed by atoms with Crippen molar-refractivity contribution in [3.8, 4) is 0 Å². The first-order valence-corrected chi connectivity index (χ1v) is 5.21. The summed E-state index contributed by atoms with van der Waals surface area (Å²) in [5.41, 5.74) is 8.26. The molecule has 0 radical (unpaired) electrons. The van der Waals surface area contributed by atoms with Gasteiger partial charge < -0.3 is 5.73 Å². The molecular formula is C13H12ClN. The van der Waals surface area contributed by atoms with Gasteiger partial charge in [0.2, 0.25) is 0 Å². The predicted molar refractivity (Wildman–Crippen MR) is 63.9 cm³/mol. The lowest BCUT2D eigenvalue weighted by atomic mass is 10.00. The maximum Gasteiger partial charge on any atom is 0.0552 e. The number of rotatable bonds is 2. The van der Waals surface area contributed by atoms with Crippen molar-refractivity contribution in [1.82, 2.24) is 0 Å². The number of nitrogens with two attached hydrogens (primary N) is 1. The lowest BCUT2D eigenvalue weighted by Gasteiger charge is -2.12. The molecule has 1 atom stereocenters. The summed E-state index contributed by atoms with van der Waals surface area (Å²) in [5.74, 6) is 0. The normalized spacial score (nSPS) is 12.4. The molecule has 2 rings (SSSR count). The van der Waals surface area contributed by atoms with Crippen LogP contribution < -0.4 is 5.73 Å². The van der Waals surface area contributed by atoms with Gasteiger partial charge in [-0.1, -0.05) is 54.1 Å². The molecule has 0 fully saturated rings. The third-order valence-corrected chi connectivity index (χ3v) is 2.60. The first kappa shape index (κ1) is 10.2. The zero-order valence-electron chi connectivity index (χ0n) is 8.23. The lowest BCUT2D eigenvalue weighted by Crippen LogP contribution is -2.11. The molecule has 0 bridgehead atoms. The molecule has 0 amide bonds. The van der Waals surface area contributed by atoms with Crippen molar-refractivity contribution in [3.05, 3.63) is 70.7 Å². The summed E-state index contributed by atoms with van der Waals surface area (Å²) in [4.78, 5) is 0. The Balaban J connectivity index is 2.32. The van der Waals surface area contributed by atoms with Crippen molar-refractivity contribution >= 4 is 11.6 Å². The Morgan fingerprint density at radius 3 is 2.20 bits per heavy atom. The molecule has 15 heavy (non-hydrogen) atoms. The SMILES string of the molecule is N[C@@H](c1ccccc1)c1cccc(Cl)c1. The highest BCUT2D eigenvalue weighted by molar-refractivity contribution is 6.30. The molecule has 0 unspecified atom stereocenters. The van der Waals surface area contributed by atoms with Gasteiger partial charge in [-0.3, -0.25) is 0 Å². The summed E-state index contributed by atoms with van der Waals surface area (Å²) in [7, 11) is 0. The second-order valence-corrected chi connectivity index (χ2v) is 3.88.